The normalized spacial score (nSPS) is 17.2. The van der Waals surface area contributed by atoms with Crippen molar-refractivity contribution in [1.82, 2.24) is 14.4 Å². The van der Waals surface area contributed by atoms with Crippen LogP contribution in [0, 0.1) is 0 Å². The van der Waals surface area contributed by atoms with Crippen LogP contribution in [-0.2, 0) is 16.6 Å². The summed E-state index contributed by atoms with van der Waals surface area (Å²) in [7, 11) is 1.96. The zero-order valence-electron chi connectivity index (χ0n) is 17.2. The van der Waals surface area contributed by atoms with E-state index in [4.69, 9.17) is 4.74 Å². The number of benzene rings is 1. The molecule has 1 saturated heterocycles. The molecule has 1 aromatic heterocycles. The fraction of sp³-hybridized carbons (Fsp3) is 0.545. The Morgan fingerprint density at radius 2 is 2.04 bits per heavy atom. The van der Waals surface area contributed by atoms with Gasteiger partial charge in [0.2, 0.25) is 0 Å². The van der Waals surface area contributed by atoms with Crippen molar-refractivity contribution in [2.45, 2.75) is 39.2 Å². The summed E-state index contributed by atoms with van der Waals surface area (Å²) in [5, 5.41) is 0.954. The van der Waals surface area contributed by atoms with Gasteiger partial charge >= 0.3 is 5.97 Å². The molecular weight excluding hydrogens is 354 g/mol. The highest BCUT2D eigenvalue weighted by Gasteiger charge is 2.29. The Morgan fingerprint density at radius 1 is 1.25 bits per heavy atom. The number of rotatable bonds is 8. The summed E-state index contributed by atoms with van der Waals surface area (Å²) in [6, 6.07) is 8.29. The molecule has 1 fully saturated rings. The number of likely N-dealkylation sites (N-methyl/N-ethyl adjacent to an activating group) is 1. The monoisotopic (exact) mass is 385 g/mol. The Labute approximate surface area is 167 Å². The second kappa shape index (κ2) is 9.24. The Hall–Kier alpha value is -2.34. The molecule has 6 heteroatoms. The summed E-state index contributed by atoms with van der Waals surface area (Å²) in [6.07, 6.45) is 4.37. The van der Waals surface area contributed by atoms with Crippen molar-refractivity contribution in [3.63, 3.8) is 0 Å². The first kappa shape index (κ1) is 20.4. The van der Waals surface area contributed by atoms with Gasteiger partial charge in [-0.15, -0.1) is 0 Å². The predicted octanol–water partition coefficient (Wildman–Crippen LogP) is 3.06. The molecule has 1 atom stereocenters. The maximum atomic E-state index is 13.5. The Bertz CT molecular complexity index is 830. The molecule has 1 aliphatic rings. The van der Waals surface area contributed by atoms with E-state index in [-0.39, 0.29) is 18.3 Å². The van der Waals surface area contributed by atoms with Crippen molar-refractivity contribution >= 4 is 22.8 Å². The molecule has 1 unspecified atom stereocenters. The number of fused-ring (bicyclic) bond motifs is 1. The minimum absolute atomic E-state index is 0.0101. The number of nitrogens with zero attached hydrogens (tertiary/aromatic N) is 3. The van der Waals surface area contributed by atoms with E-state index in [1.807, 2.05) is 47.0 Å². The summed E-state index contributed by atoms with van der Waals surface area (Å²) in [5.41, 5.74) is 1.73. The van der Waals surface area contributed by atoms with E-state index in [0.717, 1.165) is 36.8 Å². The van der Waals surface area contributed by atoms with Gasteiger partial charge in [-0.1, -0.05) is 25.1 Å². The molecule has 1 aromatic carbocycles. The van der Waals surface area contributed by atoms with Crippen LogP contribution >= 0.6 is 0 Å². The lowest BCUT2D eigenvalue weighted by Crippen LogP contribution is -2.43. The van der Waals surface area contributed by atoms with Gasteiger partial charge in [-0.25, -0.2) is 0 Å². The van der Waals surface area contributed by atoms with E-state index >= 15 is 0 Å². The molecule has 3 rings (SSSR count). The van der Waals surface area contributed by atoms with Gasteiger partial charge in [0.15, 0.2) is 0 Å². The van der Waals surface area contributed by atoms with Gasteiger partial charge in [0.1, 0.15) is 0 Å². The first-order chi connectivity index (χ1) is 13.5. The summed E-state index contributed by atoms with van der Waals surface area (Å²) in [6.45, 7) is 7.42. The van der Waals surface area contributed by atoms with Gasteiger partial charge in [0, 0.05) is 43.3 Å². The predicted molar refractivity (Wildman–Crippen MR) is 110 cm³/mol. The number of carbonyl (C=O) groups excluding carboxylic acids is 2. The van der Waals surface area contributed by atoms with Crippen LogP contribution in [0.3, 0.4) is 0 Å². The number of likely N-dealkylation sites (tertiary alicyclic amines) is 1. The average molecular weight is 386 g/mol. The van der Waals surface area contributed by atoms with E-state index in [9.17, 15) is 9.59 Å². The van der Waals surface area contributed by atoms with Gasteiger partial charge in [-0.2, -0.15) is 0 Å². The standard InChI is InChI=1S/C22H31N3O3/c1-4-24-13-8-9-17(24)15-25(14-12-21(26)28-5-2)22(27)19-16-23(3)20-11-7-6-10-18(19)20/h6-7,10-11,16-17H,4-5,8-9,12-15H2,1-3H3. The number of hydrogen-bond donors (Lipinski definition) is 0. The first-order valence-corrected chi connectivity index (χ1v) is 10.3. The molecule has 2 aromatic rings. The first-order valence-electron chi connectivity index (χ1n) is 10.3. The molecule has 28 heavy (non-hydrogen) atoms. The average Bonchev–Trinajstić information content (AvgIpc) is 3.29. The maximum Gasteiger partial charge on any atom is 0.307 e. The van der Waals surface area contributed by atoms with E-state index in [1.54, 1.807) is 6.92 Å². The number of aromatic nitrogens is 1. The van der Waals surface area contributed by atoms with Gasteiger partial charge in [-0.3, -0.25) is 14.5 Å². The highest BCUT2D eigenvalue weighted by atomic mass is 16.5. The highest BCUT2D eigenvalue weighted by Crippen LogP contribution is 2.24. The van der Waals surface area contributed by atoms with Gasteiger partial charge in [-0.05, 0) is 38.9 Å². The van der Waals surface area contributed by atoms with E-state index in [1.165, 1.54) is 0 Å². The minimum Gasteiger partial charge on any atom is -0.466 e. The molecule has 0 bridgehead atoms. The number of amides is 1. The van der Waals surface area contributed by atoms with Crippen molar-refractivity contribution in [1.29, 1.82) is 0 Å². The smallest absolute Gasteiger partial charge is 0.307 e. The van der Waals surface area contributed by atoms with Crippen LogP contribution in [0.25, 0.3) is 10.9 Å². The summed E-state index contributed by atoms with van der Waals surface area (Å²) < 4.78 is 7.06. The number of esters is 1. The number of aryl methyl sites for hydroxylation is 1. The summed E-state index contributed by atoms with van der Waals surface area (Å²) >= 11 is 0. The van der Waals surface area contributed by atoms with Crippen molar-refractivity contribution in [2.24, 2.45) is 7.05 Å². The van der Waals surface area contributed by atoms with Crippen LogP contribution in [0.2, 0.25) is 0 Å². The van der Waals surface area contributed by atoms with Crippen LogP contribution in [0.1, 0.15) is 43.5 Å². The third-order valence-corrected chi connectivity index (χ3v) is 5.64. The third kappa shape index (κ3) is 4.38. The zero-order valence-corrected chi connectivity index (χ0v) is 17.2. The maximum absolute atomic E-state index is 13.5. The molecular formula is C22H31N3O3. The Morgan fingerprint density at radius 3 is 2.79 bits per heavy atom. The molecule has 1 aliphatic heterocycles. The van der Waals surface area contributed by atoms with Gasteiger partial charge < -0.3 is 14.2 Å². The fourth-order valence-electron chi connectivity index (χ4n) is 4.19. The Kier molecular flexibility index (Phi) is 6.73. The lowest BCUT2D eigenvalue weighted by atomic mass is 10.1. The van der Waals surface area contributed by atoms with Crippen LogP contribution in [-0.4, -0.2) is 65.1 Å². The molecule has 0 spiro atoms. The number of para-hydroxylation sites is 1. The molecule has 0 saturated carbocycles. The van der Waals surface area contributed by atoms with Crippen LogP contribution in [0.5, 0.6) is 0 Å². The highest BCUT2D eigenvalue weighted by molar-refractivity contribution is 6.07. The minimum atomic E-state index is -0.253. The topological polar surface area (TPSA) is 54.8 Å². The Balaban J connectivity index is 1.83. The molecule has 2 heterocycles. The number of hydrogen-bond acceptors (Lipinski definition) is 4. The van der Waals surface area contributed by atoms with Crippen molar-refractivity contribution in [3.05, 3.63) is 36.0 Å². The summed E-state index contributed by atoms with van der Waals surface area (Å²) in [5.74, 6) is -0.263. The lowest BCUT2D eigenvalue weighted by Gasteiger charge is -2.30. The third-order valence-electron chi connectivity index (χ3n) is 5.64. The SMILES string of the molecule is CCOC(=O)CCN(CC1CCCN1CC)C(=O)c1cn(C)c2ccccc12. The molecule has 1 amide bonds. The molecule has 152 valence electrons. The lowest BCUT2D eigenvalue weighted by molar-refractivity contribution is -0.143. The van der Waals surface area contributed by atoms with Gasteiger partial charge in [0.25, 0.3) is 5.91 Å². The van der Waals surface area contributed by atoms with E-state index in [2.05, 4.69) is 11.8 Å². The van der Waals surface area contributed by atoms with Crippen molar-refractivity contribution in [2.75, 3.05) is 32.8 Å². The van der Waals surface area contributed by atoms with Crippen molar-refractivity contribution < 1.29 is 14.3 Å². The van der Waals surface area contributed by atoms with E-state index in [0.29, 0.717) is 31.3 Å². The van der Waals surface area contributed by atoms with Crippen molar-refractivity contribution in [3.8, 4) is 0 Å². The summed E-state index contributed by atoms with van der Waals surface area (Å²) in [4.78, 5) is 29.6. The van der Waals surface area contributed by atoms with Gasteiger partial charge in [0.05, 0.1) is 18.6 Å². The number of ether oxygens (including phenoxy) is 1. The van der Waals surface area contributed by atoms with E-state index < -0.39 is 0 Å². The van der Waals surface area contributed by atoms with Crippen LogP contribution < -0.4 is 0 Å². The molecule has 0 N–H and O–H groups in total. The second-order valence-electron chi connectivity index (χ2n) is 7.40. The quantitative estimate of drug-likeness (QED) is 0.656. The van der Waals surface area contributed by atoms with Crippen LogP contribution in [0.4, 0.5) is 0 Å². The van der Waals surface area contributed by atoms with Crippen LogP contribution in [0.15, 0.2) is 30.5 Å². The largest absolute Gasteiger partial charge is 0.466 e. The molecule has 6 nitrogen and oxygen atoms in total. The molecule has 0 aliphatic carbocycles. The zero-order chi connectivity index (χ0) is 20.1. The molecule has 0 radical (unpaired) electrons. The second-order valence-corrected chi connectivity index (χ2v) is 7.40. The number of carbonyl (C=O) groups is 2. The fourth-order valence-corrected chi connectivity index (χ4v) is 4.19.